The van der Waals surface area contributed by atoms with Crippen molar-refractivity contribution in [1.82, 2.24) is 9.97 Å². The second-order valence-corrected chi connectivity index (χ2v) is 12.9. The van der Waals surface area contributed by atoms with Gasteiger partial charge in [-0.25, -0.2) is 4.98 Å². The normalized spacial score (nSPS) is 12.0. The molecule has 0 spiro atoms. The van der Waals surface area contributed by atoms with E-state index in [0.717, 1.165) is 99.2 Å². The van der Waals surface area contributed by atoms with Gasteiger partial charge in [0, 0.05) is 55.1 Å². The molecular weight excluding hydrogens is 613 g/mol. The van der Waals surface area contributed by atoms with Crippen molar-refractivity contribution < 1.29 is 8.83 Å². The summed E-state index contributed by atoms with van der Waals surface area (Å²) in [6.07, 6.45) is 1.90. The number of hydrogen-bond acceptors (Lipinski definition) is 4. The standard InChI is InChI=1S/C46H26N2O2/c1-2-11-27(12-3-1)30-19-9-21-36-38-24-39-37-22-10-20-31(46(37)50-42(39)25-41(38)49-45(30)36)28-13-8-14-29(23-28)40-26-47-43-34-17-6-4-15-32(34)33-16-5-7-18-35(33)44(43)48-40/h1-26H. The Morgan fingerprint density at radius 3 is 1.56 bits per heavy atom. The summed E-state index contributed by atoms with van der Waals surface area (Å²) in [7, 11) is 0. The summed E-state index contributed by atoms with van der Waals surface area (Å²) >= 11 is 0. The first-order valence-corrected chi connectivity index (χ1v) is 16.8. The molecule has 3 heterocycles. The minimum atomic E-state index is 0.802. The number of furan rings is 2. The van der Waals surface area contributed by atoms with Gasteiger partial charge in [0.2, 0.25) is 0 Å². The maximum Gasteiger partial charge on any atom is 0.143 e. The summed E-state index contributed by atoms with van der Waals surface area (Å²) in [6, 6.07) is 52.8. The van der Waals surface area contributed by atoms with Crippen LogP contribution in [0.4, 0.5) is 0 Å². The molecule has 0 saturated heterocycles. The predicted molar refractivity (Wildman–Crippen MR) is 205 cm³/mol. The Hall–Kier alpha value is -6.78. The maximum absolute atomic E-state index is 6.66. The number of rotatable bonds is 3. The average molecular weight is 639 g/mol. The lowest BCUT2D eigenvalue weighted by Crippen LogP contribution is -1.92. The van der Waals surface area contributed by atoms with Gasteiger partial charge in [-0.05, 0) is 34.0 Å². The van der Waals surface area contributed by atoms with Gasteiger partial charge in [-0.1, -0.05) is 133 Å². The van der Waals surface area contributed by atoms with E-state index in [1.165, 1.54) is 10.8 Å². The predicted octanol–water partition coefficient (Wildman–Crippen LogP) is 12.7. The van der Waals surface area contributed by atoms with Crippen LogP contribution in [0.2, 0.25) is 0 Å². The number of aromatic nitrogens is 2. The zero-order valence-electron chi connectivity index (χ0n) is 26.7. The first kappa shape index (κ1) is 27.2. The summed E-state index contributed by atoms with van der Waals surface area (Å²) in [6.45, 7) is 0. The summed E-state index contributed by atoms with van der Waals surface area (Å²) in [5, 5.41) is 8.91. The molecule has 0 radical (unpaired) electrons. The topological polar surface area (TPSA) is 52.1 Å². The van der Waals surface area contributed by atoms with Gasteiger partial charge >= 0.3 is 0 Å². The summed E-state index contributed by atoms with van der Waals surface area (Å²) in [4.78, 5) is 10.2. The Morgan fingerprint density at radius 1 is 0.360 bits per heavy atom. The molecule has 232 valence electrons. The van der Waals surface area contributed by atoms with E-state index >= 15 is 0 Å². The lowest BCUT2D eigenvalue weighted by atomic mass is 9.98. The Bertz CT molecular complexity index is 3120. The van der Waals surface area contributed by atoms with Crippen LogP contribution in [-0.4, -0.2) is 9.97 Å². The Kier molecular flexibility index (Phi) is 5.63. The van der Waals surface area contributed by atoms with Gasteiger partial charge in [-0.2, -0.15) is 0 Å². The molecule has 4 heteroatoms. The van der Waals surface area contributed by atoms with Gasteiger partial charge in [0.25, 0.3) is 0 Å². The number of benzene rings is 8. The van der Waals surface area contributed by atoms with Gasteiger partial charge in [0.1, 0.15) is 22.3 Å². The highest BCUT2D eigenvalue weighted by Crippen LogP contribution is 2.42. The fourth-order valence-corrected chi connectivity index (χ4v) is 7.77. The van der Waals surface area contributed by atoms with E-state index in [4.69, 9.17) is 18.8 Å². The SMILES string of the molecule is c1ccc(-c2cccc3c2oc2cc4oc5c(-c6cccc(-c7cnc8c9ccccc9c9ccccc9c8n7)c6)cccc5c4cc23)cc1. The second kappa shape index (κ2) is 10.4. The monoisotopic (exact) mass is 638 g/mol. The fraction of sp³-hybridized carbons (Fsp3) is 0. The van der Waals surface area contributed by atoms with Crippen molar-refractivity contribution in [2.75, 3.05) is 0 Å². The lowest BCUT2D eigenvalue weighted by molar-refractivity contribution is 0.657. The third kappa shape index (κ3) is 3.93. The van der Waals surface area contributed by atoms with E-state index in [0.29, 0.717) is 0 Å². The van der Waals surface area contributed by atoms with Crippen molar-refractivity contribution in [3.8, 4) is 33.5 Å². The minimum Gasteiger partial charge on any atom is -0.455 e. The Morgan fingerprint density at radius 2 is 0.880 bits per heavy atom. The number of fused-ring (bicyclic) bond motifs is 12. The van der Waals surface area contributed by atoms with Crippen molar-refractivity contribution in [3.63, 3.8) is 0 Å². The summed E-state index contributed by atoms with van der Waals surface area (Å²) in [5.74, 6) is 0. The minimum absolute atomic E-state index is 0.802. The van der Waals surface area contributed by atoms with Crippen molar-refractivity contribution >= 4 is 76.5 Å². The number of hydrogen-bond donors (Lipinski definition) is 0. The first-order valence-electron chi connectivity index (χ1n) is 16.8. The van der Waals surface area contributed by atoms with Crippen LogP contribution in [0, 0.1) is 0 Å². The van der Waals surface area contributed by atoms with Crippen molar-refractivity contribution in [1.29, 1.82) is 0 Å². The second-order valence-electron chi connectivity index (χ2n) is 12.9. The molecule has 11 aromatic rings. The van der Waals surface area contributed by atoms with Crippen LogP contribution in [0.25, 0.3) is 110 Å². The van der Waals surface area contributed by atoms with E-state index in [-0.39, 0.29) is 0 Å². The van der Waals surface area contributed by atoms with E-state index in [1.807, 2.05) is 18.3 Å². The van der Waals surface area contributed by atoms with Crippen molar-refractivity contribution in [3.05, 3.63) is 158 Å². The molecule has 4 nitrogen and oxygen atoms in total. The summed E-state index contributed by atoms with van der Waals surface area (Å²) in [5.41, 5.74) is 11.3. The van der Waals surface area contributed by atoms with Gasteiger partial charge in [-0.3, -0.25) is 4.98 Å². The van der Waals surface area contributed by atoms with Crippen LogP contribution in [0.3, 0.4) is 0 Å². The largest absolute Gasteiger partial charge is 0.455 e. The molecule has 0 aliphatic rings. The van der Waals surface area contributed by atoms with Gasteiger partial charge < -0.3 is 8.83 Å². The Balaban J connectivity index is 1.06. The quantitative estimate of drug-likeness (QED) is 0.181. The first-order chi connectivity index (χ1) is 24.8. The highest BCUT2D eigenvalue weighted by atomic mass is 16.3. The average Bonchev–Trinajstić information content (AvgIpc) is 3.74. The zero-order valence-corrected chi connectivity index (χ0v) is 26.7. The molecule has 8 aromatic carbocycles. The van der Waals surface area contributed by atoms with Crippen LogP contribution in [0.15, 0.2) is 167 Å². The molecule has 0 atom stereocenters. The van der Waals surface area contributed by atoms with Crippen LogP contribution in [0.5, 0.6) is 0 Å². The van der Waals surface area contributed by atoms with Crippen molar-refractivity contribution in [2.45, 2.75) is 0 Å². The molecule has 11 rings (SSSR count). The fourth-order valence-electron chi connectivity index (χ4n) is 7.77. The maximum atomic E-state index is 6.66. The molecule has 0 aliphatic carbocycles. The van der Waals surface area contributed by atoms with Gasteiger partial charge in [0.05, 0.1) is 22.9 Å². The van der Waals surface area contributed by atoms with Gasteiger partial charge in [-0.15, -0.1) is 0 Å². The van der Waals surface area contributed by atoms with Crippen LogP contribution in [-0.2, 0) is 0 Å². The van der Waals surface area contributed by atoms with E-state index in [9.17, 15) is 0 Å². The number of nitrogens with zero attached hydrogens (tertiary/aromatic N) is 2. The van der Waals surface area contributed by atoms with E-state index < -0.39 is 0 Å². The highest BCUT2D eigenvalue weighted by Gasteiger charge is 2.18. The Labute approximate surface area is 285 Å². The van der Waals surface area contributed by atoms with Crippen LogP contribution < -0.4 is 0 Å². The molecule has 50 heavy (non-hydrogen) atoms. The van der Waals surface area contributed by atoms with Gasteiger partial charge in [0.15, 0.2) is 0 Å². The molecule has 0 saturated carbocycles. The van der Waals surface area contributed by atoms with Crippen molar-refractivity contribution in [2.24, 2.45) is 0 Å². The third-order valence-corrected chi connectivity index (χ3v) is 10.1. The molecular formula is C46H26N2O2. The molecule has 0 amide bonds. The molecule has 0 aliphatic heterocycles. The lowest BCUT2D eigenvalue weighted by Gasteiger charge is -2.11. The zero-order chi connectivity index (χ0) is 32.8. The molecule has 0 unspecified atom stereocenters. The molecule has 0 bridgehead atoms. The summed E-state index contributed by atoms with van der Waals surface area (Å²) < 4.78 is 13.2. The molecule has 0 fully saturated rings. The van der Waals surface area contributed by atoms with Crippen LogP contribution >= 0.6 is 0 Å². The third-order valence-electron chi connectivity index (χ3n) is 10.1. The highest BCUT2D eigenvalue weighted by molar-refractivity contribution is 6.23. The molecule has 0 N–H and O–H groups in total. The van der Waals surface area contributed by atoms with E-state index in [1.54, 1.807) is 0 Å². The molecule has 3 aromatic heterocycles. The van der Waals surface area contributed by atoms with Crippen LogP contribution in [0.1, 0.15) is 0 Å². The number of para-hydroxylation sites is 2. The smallest absolute Gasteiger partial charge is 0.143 e. The van der Waals surface area contributed by atoms with E-state index in [2.05, 4.69) is 140 Å².